The Hall–Kier alpha value is -0.780. The van der Waals surface area contributed by atoms with E-state index in [4.69, 9.17) is 11.6 Å². The number of carbonyl (C=O) groups excluding carboxylic acids is 1. The van der Waals surface area contributed by atoms with Gasteiger partial charge in [-0.2, -0.15) is 0 Å². The van der Waals surface area contributed by atoms with Gasteiger partial charge in [-0.05, 0) is 37.6 Å². The summed E-state index contributed by atoms with van der Waals surface area (Å²) in [5.74, 6) is 0.553. The van der Waals surface area contributed by atoms with E-state index in [-0.39, 0.29) is 6.03 Å². The van der Waals surface area contributed by atoms with Crippen molar-refractivity contribution in [1.29, 1.82) is 0 Å². The first-order chi connectivity index (χ1) is 7.74. The molecule has 2 rings (SSSR count). The summed E-state index contributed by atoms with van der Waals surface area (Å²) in [7, 11) is 0. The van der Waals surface area contributed by atoms with Crippen molar-refractivity contribution in [2.75, 3.05) is 25.0 Å². The van der Waals surface area contributed by atoms with Crippen molar-refractivity contribution >= 4 is 34.0 Å². The molecule has 16 heavy (non-hydrogen) atoms. The zero-order valence-corrected chi connectivity index (χ0v) is 10.3. The van der Waals surface area contributed by atoms with E-state index in [1.54, 1.807) is 12.1 Å². The summed E-state index contributed by atoms with van der Waals surface area (Å²) in [6.07, 6.45) is 1.13. The van der Waals surface area contributed by atoms with Crippen LogP contribution in [0, 0.1) is 5.92 Å². The van der Waals surface area contributed by atoms with E-state index in [0.29, 0.717) is 10.3 Å². The summed E-state index contributed by atoms with van der Waals surface area (Å²) in [6, 6.07) is 3.40. The van der Waals surface area contributed by atoms with Crippen LogP contribution in [0.4, 0.5) is 9.80 Å². The van der Waals surface area contributed by atoms with Gasteiger partial charge in [-0.25, -0.2) is 4.79 Å². The lowest BCUT2D eigenvalue weighted by molar-refractivity contribution is 0.250. The maximum Gasteiger partial charge on any atom is 0.319 e. The lowest BCUT2D eigenvalue weighted by Crippen LogP contribution is -2.33. The van der Waals surface area contributed by atoms with Gasteiger partial charge in [0.1, 0.15) is 0 Å². The van der Waals surface area contributed by atoms with E-state index in [2.05, 4.69) is 16.0 Å². The van der Waals surface area contributed by atoms with Crippen LogP contribution in [0.2, 0.25) is 4.34 Å². The first kappa shape index (κ1) is 11.7. The number of halogens is 1. The summed E-state index contributed by atoms with van der Waals surface area (Å²) in [6.45, 7) is 2.76. The molecule has 3 N–H and O–H groups in total. The first-order valence-electron chi connectivity index (χ1n) is 5.25. The lowest BCUT2D eigenvalue weighted by Gasteiger charge is -2.10. The highest BCUT2D eigenvalue weighted by Gasteiger charge is 2.15. The lowest BCUT2D eigenvalue weighted by atomic mass is 10.1. The Kier molecular flexibility index (Phi) is 4.04. The zero-order chi connectivity index (χ0) is 11.4. The second-order valence-electron chi connectivity index (χ2n) is 3.80. The second-order valence-corrected chi connectivity index (χ2v) is 5.51. The largest absolute Gasteiger partial charge is 0.338 e. The Labute approximate surface area is 103 Å². The molecule has 0 aliphatic carbocycles. The summed E-state index contributed by atoms with van der Waals surface area (Å²) in [5.41, 5.74) is 0. The van der Waals surface area contributed by atoms with Gasteiger partial charge in [0.05, 0.1) is 9.34 Å². The van der Waals surface area contributed by atoms with Gasteiger partial charge in [0.2, 0.25) is 0 Å². The van der Waals surface area contributed by atoms with Crippen molar-refractivity contribution in [2.24, 2.45) is 5.92 Å². The predicted octanol–water partition coefficient (Wildman–Crippen LogP) is 2.13. The highest BCUT2D eigenvalue weighted by atomic mass is 35.5. The Bertz CT molecular complexity index is 363. The molecule has 88 valence electrons. The van der Waals surface area contributed by atoms with Gasteiger partial charge < -0.3 is 10.6 Å². The SMILES string of the molecule is O=C(NCC1CCNC1)Nc1ccc(Cl)s1. The van der Waals surface area contributed by atoms with Crippen LogP contribution in [0.3, 0.4) is 0 Å². The summed E-state index contributed by atoms with van der Waals surface area (Å²) < 4.78 is 0.676. The van der Waals surface area contributed by atoms with Gasteiger partial charge in [0, 0.05) is 6.54 Å². The molecule has 1 fully saturated rings. The molecule has 2 amide bonds. The average Bonchev–Trinajstić information content (AvgIpc) is 2.87. The summed E-state index contributed by atoms with van der Waals surface area (Å²) in [5, 5.41) is 9.64. The van der Waals surface area contributed by atoms with Crippen molar-refractivity contribution in [2.45, 2.75) is 6.42 Å². The molecule has 1 aromatic rings. The van der Waals surface area contributed by atoms with Gasteiger partial charge >= 0.3 is 6.03 Å². The van der Waals surface area contributed by atoms with Crippen LogP contribution in [-0.4, -0.2) is 25.7 Å². The van der Waals surface area contributed by atoms with Crippen molar-refractivity contribution in [3.05, 3.63) is 16.5 Å². The van der Waals surface area contributed by atoms with Crippen molar-refractivity contribution in [3.63, 3.8) is 0 Å². The number of urea groups is 1. The maximum atomic E-state index is 11.5. The standard InChI is InChI=1S/C10H14ClN3OS/c11-8-1-2-9(16-8)14-10(15)13-6-7-3-4-12-5-7/h1-2,7,12H,3-6H2,(H2,13,14,15). The fourth-order valence-corrected chi connectivity index (χ4v) is 2.60. The molecular formula is C10H14ClN3OS. The molecular weight excluding hydrogens is 246 g/mol. The Morgan fingerprint density at radius 3 is 3.12 bits per heavy atom. The molecule has 1 aliphatic heterocycles. The minimum Gasteiger partial charge on any atom is -0.338 e. The molecule has 1 aliphatic rings. The average molecular weight is 260 g/mol. The molecule has 4 nitrogen and oxygen atoms in total. The van der Waals surface area contributed by atoms with Gasteiger partial charge in [-0.15, -0.1) is 11.3 Å². The van der Waals surface area contributed by atoms with Crippen molar-refractivity contribution in [3.8, 4) is 0 Å². The normalized spacial score (nSPS) is 19.7. The van der Waals surface area contributed by atoms with Gasteiger partial charge in [-0.1, -0.05) is 11.6 Å². The molecule has 0 saturated carbocycles. The molecule has 0 radical (unpaired) electrons. The Balaban J connectivity index is 1.71. The first-order valence-corrected chi connectivity index (χ1v) is 6.44. The molecule has 0 aromatic carbocycles. The molecule has 6 heteroatoms. The minimum atomic E-state index is -0.162. The number of carbonyl (C=O) groups is 1. The van der Waals surface area contributed by atoms with Crippen LogP contribution < -0.4 is 16.0 Å². The van der Waals surface area contributed by atoms with E-state index in [0.717, 1.165) is 31.1 Å². The number of hydrogen-bond donors (Lipinski definition) is 3. The number of anilines is 1. The molecule has 1 aromatic heterocycles. The van der Waals surface area contributed by atoms with E-state index in [9.17, 15) is 4.79 Å². The molecule has 0 spiro atoms. The maximum absolute atomic E-state index is 11.5. The third kappa shape index (κ3) is 3.37. The highest BCUT2D eigenvalue weighted by molar-refractivity contribution is 7.20. The number of nitrogens with one attached hydrogen (secondary N) is 3. The Morgan fingerprint density at radius 1 is 1.62 bits per heavy atom. The third-order valence-corrected chi connectivity index (χ3v) is 3.67. The number of rotatable bonds is 3. The second kappa shape index (κ2) is 5.52. The van der Waals surface area contributed by atoms with Crippen LogP contribution in [0.5, 0.6) is 0 Å². The van der Waals surface area contributed by atoms with Crippen molar-refractivity contribution < 1.29 is 4.79 Å². The highest BCUT2D eigenvalue weighted by Crippen LogP contribution is 2.25. The third-order valence-electron chi connectivity index (χ3n) is 2.52. The quantitative estimate of drug-likeness (QED) is 0.779. The van der Waals surface area contributed by atoms with Crippen LogP contribution in [0.1, 0.15) is 6.42 Å². The molecule has 1 saturated heterocycles. The summed E-state index contributed by atoms with van der Waals surface area (Å²) >= 11 is 7.12. The van der Waals surface area contributed by atoms with Crippen LogP contribution >= 0.6 is 22.9 Å². The van der Waals surface area contributed by atoms with Gasteiger partial charge in [0.15, 0.2) is 0 Å². The van der Waals surface area contributed by atoms with E-state index in [1.807, 2.05) is 0 Å². The van der Waals surface area contributed by atoms with E-state index < -0.39 is 0 Å². The monoisotopic (exact) mass is 259 g/mol. The summed E-state index contributed by atoms with van der Waals surface area (Å²) in [4.78, 5) is 11.5. The molecule has 1 unspecified atom stereocenters. The fourth-order valence-electron chi connectivity index (χ4n) is 1.66. The van der Waals surface area contributed by atoms with Gasteiger partial charge in [-0.3, -0.25) is 5.32 Å². The number of hydrogen-bond acceptors (Lipinski definition) is 3. The van der Waals surface area contributed by atoms with E-state index in [1.165, 1.54) is 11.3 Å². The predicted molar refractivity (Wildman–Crippen MR) is 67.3 cm³/mol. The minimum absolute atomic E-state index is 0.162. The topological polar surface area (TPSA) is 53.2 Å². The van der Waals surface area contributed by atoms with Gasteiger partial charge in [0.25, 0.3) is 0 Å². The molecule has 0 bridgehead atoms. The smallest absolute Gasteiger partial charge is 0.319 e. The zero-order valence-electron chi connectivity index (χ0n) is 8.75. The Morgan fingerprint density at radius 2 is 2.50 bits per heavy atom. The fraction of sp³-hybridized carbons (Fsp3) is 0.500. The number of thiophene rings is 1. The number of amides is 2. The van der Waals surface area contributed by atoms with E-state index >= 15 is 0 Å². The van der Waals surface area contributed by atoms with Crippen molar-refractivity contribution in [1.82, 2.24) is 10.6 Å². The molecule has 2 heterocycles. The van der Waals surface area contributed by atoms with Crippen LogP contribution in [-0.2, 0) is 0 Å². The van der Waals surface area contributed by atoms with Crippen LogP contribution in [0.25, 0.3) is 0 Å². The van der Waals surface area contributed by atoms with Crippen LogP contribution in [0.15, 0.2) is 12.1 Å². The molecule has 1 atom stereocenters.